The van der Waals surface area contributed by atoms with Crippen molar-refractivity contribution < 1.29 is 5.11 Å². The van der Waals surface area contributed by atoms with E-state index >= 15 is 0 Å². The maximum Gasteiger partial charge on any atom is 0.331 e. The van der Waals surface area contributed by atoms with Crippen LogP contribution in [0.2, 0.25) is 0 Å². The molecule has 2 aromatic heterocycles. The predicted octanol–water partition coefficient (Wildman–Crippen LogP) is 0.203. The molecule has 0 aromatic carbocycles. The molecule has 20 heavy (non-hydrogen) atoms. The molecule has 2 N–H and O–H groups in total. The van der Waals surface area contributed by atoms with Crippen LogP contribution in [-0.4, -0.2) is 24.4 Å². The first kappa shape index (κ1) is 14.1. The fourth-order valence-electron chi connectivity index (χ4n) is 2.27. The standard InChI is InChI=1S/C13H18N4O3/c1-5-9-11(18)14-13(20)17(12(9)19)6-10-7(2)15-16(4)8(10)3/h19H,5-6H2,1-4H3,(H,14,18,20). The molecule has 0 aliphatic carbocycles. The Labute approximate surface area is 115 Å². The average molecular weight is 278 g/mol. The smallest absolute Gasteiger partial charge is 0.331 e. The van der Waals surface area contributed by atoms with Crippen LogP contribution in [0.15, 0.2) is 9.59 Å². The Bertz CT molecular complexity index is 767. The van der Waals surface area contributed by atoms with Crippen molar-refractivity contribution in [2.24, 2.45) is 7.05 Å². The maximum atomic E-state index is 11.9. The molecule has 0 aliphatic heterocycles. The third-order valence-corrected chi connectivity index (χ3v) is 3.59. The van der Waals surface area contributed by atoms with E-state index in [0.29, 0.717) is 6.42 Å². The molecule has 2 rings (SSSR count). The Balaban J connectivity index is 2.60. The van der Waals surface area contributed by atoms with E-state index in [4.69, 9.17) is 0 Å². The minimum absolute atomic E-state index is 0.181. The fourth-order valence-corrected chi connectivity index (χ4v) is 2.27. The summed E-state index contributed by atoms with van der Waals surface area (Å²) in [6.45, 7) is 5.67. The number of aromatic amines is 1. The molecule has 0 saturated carbocycles. The number of nitrogens with one attached hydrogen (secondary N) is 1. The van der Waals surface area contributed by atoms with Gasteiger partial charge in [-0.1, -0.05) is 6.92 Å². The minimum Gasteiger partial charge on any atom is -0.494 e. The number of H-pyrrole nitrogens is 1. The molecule has 0 fully saturated rings. The van der Waals surface area contributed by atoms with Gasteiger partial charge in [-0.2, -0.15) is 5.10 Å². The van der Waals surface area contributed by atoms with E-state index in [1.165, 1.54) is 0 Å². The Morgan fingerprint density at radius 2 is 1.90 bits per heavy atom. The summed E-state index contributed by atoms with van der Waals surface area (Å²) >= 11 is 0. The highest BCUT2D eigenvalue weighted by Crippen LogP contribution is 2.17. The Morgan fingerprint density at radius 1 is 1.25 bits per heavy atom. The van der Waals surface area contributed by atoms with E-state index in [2.05, 4.69) is 10.1 Å². The summed E-state index contributed by atoms with van der Waals surface area (Å²) in [6.07, 6.45) is 0.354. The first-order valence-electron chi connectivity index (χ1n) is 6.40. The van der Waals surface area contributed by atoms with Gasteiger partial charge in [-0.15, -0.1) is 0 Å². The lowest BCUT2D eigenvalue weighted by atomic mass is 10.2. The van der Waals surface area contributed by atoms with Crippen molar-refractivity contribution >= 4 is 0 Å². The van der Waals surface area contributed by atoms with E-state index in [1.807, 2.05) is 20.9 Å². The number of hydrogen-bond acceptors (Lipinski definition) is 4. The molecule has 0 saturated heterocycles. The third-order valence-electron chi connectivity index (χ3n) is 3.59. The van der Waals surface area contributed by atoms with Gasteiger partial charge in [-0.05, 0) is 20.3 Å². The second kappa shape index (κ2) is 4.99. The minimum atomic E-state index is -0.618. The maximum absolute atomic E-state index is 11.9. The van der Waals surface area contributed by atoms with Crippen LogP contribution in [0.25, 0.3) is 0 Å². The molecular formula is C13H18N4O3. The molecule has 0 aliphatic rings. The topological polar surface area (TPSA) is 92.9 Å². The van der Waals surface area contributed by atoms with Crippen LogP contribution in [0.3, 0.4) is 0 Å². The summed E-state index contributed by atoms with van der Waals surface area (Å²) in [5, 5.41) is 14.4. The van der Waals surface area contributed by atoms with Gasteiger partial charge in [0.05, 0.1) is 17.8 Å². The van der Waals surface area contributed by atoms with Crippen molar-refractivity contribution in [1.29, 1.82) is 0 Å². The molecule has 108 valence electrons. The molecule has 0 radical (unpaired) electrons. The van der Waals surface area contributed by atoms with Gasteiger partial charge >= 0.3 is 5.69 Å². The van der Waals surface area contributed by atoms with Crippen molar-refractivity contribution in [3.05, 3.63) is 43.4 Å². The molecule has 7 nitrogen and oxygen atoms in total. The van der Waals surface area contributed by atoms with Gasteiger partial charge in [0, 0.05) is 18.3 Å². The van der Waals surface area contributed by atoms with Crippen LogP contribution < -0.4 is 11.2 Å². The zero-order valence-corrected chi connectivity index (χ0v) is 12.0. The van der Waals surface area contributed by atoms with Gasteiger partial charge in [0.2, 0.25) is 5.88 Å². The van der Waals surface area contributed by atoms with Gasteiger partial charge in [0.1, 0.15) is 0 Å². The fraction of sp³-hybridized carbons (Fsp3) is 0.462. The first-order valence-corrected chi connectivity index (χ1v) is 6.40. The van der Waals surface area contributed by atoms with Crippen LogP contribution in [0.1, 0.15) is 29.4 Å². The van der Waals surface area contributed by atoms with Crippen LogP contribution in [-0.2, 0) is 20.0 Å². The van der Waals surface area contributed by atoms with Crippen molar-refractivity contribution in [1.82, 2.24) is 19.3 Å². The quantitative estimate of drug-likeness (QED) is 0.839. The summed E-state index contributed by atoms with van der Waals surface area (Å²) in [7, 11) is 1.82. The summed E-state index contributed by atoms with van der Waals surface area (Å²) in [5.41, 5.74) is 1.62. The molecule has 0 amide bonds. The lowest BCUT2D eigenvalue weighted by molar-refractivity contribution is 0.401. The Hall–Kier alpha value is -2.31. The van der Waals surface area contributed by atoms with E-state index in [-0.39, 0.29) is 18.0 Å². The van der Waals surface area contributed by atoms with Gasteiger partial charge < -0.3 is 5.11 Å². The number of aromatic nitrogens is 4. The van der Waals surface area contributed by atoms with Gasteiger partial charge in [-0.3, -0.25) is 19.0 Å². The number of nitrogens with zero attached hydrogens (tertiary/aromatic N) is 3. The number of hydrogen-bond donors (Lipinski definition) is 2. The summed E-state index contributed by atoms with van der Waals surface area (Å²) < 4.78 is 2.89. The van der Waals surface area contributed by atoms with E-state index in [1.54, 1.807) is 11.6 Å². The highest BCUT2D eigenvalue weighted by molar-refractivity contribution is 5.28. The van der Waals surface area contributed by atoms with Gasteiger partial charge in [0.25, 0.3) is 5.56 Å². The van der Waals surface area contributed by atoms with Crippen LogP contribution in [0, 0.1) is 13.8 Å². The van der Waals surface area contributed by atoms with E-state index in [9.17, 15) is 14.7 Å². The van der Waals surface area contributed by atoms with E-state index < -0.39 is 11.2 Å². The third kappa shape index (κ3) is 2.15. The van der Waals surface area contributed by atoms with Crippen molar-refractivity contribution in [2.75, 3.05) is 0 Å². The van der Waals surface area contributed by atoms with Gasteiger partial charge in [0.15, 0.2) is 0 Å². The van der Waals surface area contributed by atoms with Crippen molar-refractivity contribution in [2.45, 2.75) is 33.7 Å². The molecule has 7 heteroatoms. The molecule has 0 spiro atoms. The summed E-state index contributed by atoms with van der Waals surface area (Å²) in [4.78, 5) is 25.7. The zero-order valence-electron chi connectivity index (χ0n) is 12.0. The normalized spacial score (nSPS) is 11.0. The molecule has 0 unspecified atom stereocenters. The zero-order chi connectivity index (χ0) is 15.0. The monoisotopic (exact) mass is 278 g/mol. The molecule has 0 atom stereocenters. The lowest BCUT2D eigenvalue weighted by Gasteiger charge is -2.10. The second-order valence-corrected chi connectivity index (χ2v) is 4.77. The molecule has 0 bridgehead atoms. The van der Waals surface area contributed by atoms with E-state index in [0.717, 1.165) is 21.5 Å². The van der Waals surface area contributed by atoms with Crippen LogP contribution >= 0.6 is 0 Å². The number of aryl methyl sites for hydroxylation is 2. The summed E-state index contributed by atoms with van der Waals surface area (Å²) in [6, 6.07) is 0. The second-order valence-electron chi connectivity index (χ2n) is 4.77. The Kier molecular flexibility index (Phi) is 3.52. The van der Waals surface area contributed by atoms with Crippen LogP contribution in [0.5, 0.6) is 5.88 Å². The highest BCUT2D eigenvalue weighted by Gasteiger charge is 2.16. The lowest BCUT2D eigenvalue weighted by Crippen LogP contribution is -2.32. The Morgan fingerprint density at radius 3 is 2.40 bits per heavy atom. The molecule has 2 aromatic rings. The molecule has 2 heterocycles. The van der Waals surface area contributed by atoms with Crippen molar-refractivity contribution in [3.8, 4) is 5.88 Å². The van der Waals surface area contributed by atoms with Crippen LogP contribution in [0.4, 0.5) is 0 Å². The average Bonchev–Trinajstić information content (AvgIpc) is 2.60. The first-order chi connectivity index (χ1) is 9.36. The van der Waals surface area contributed by atoms with Gasteiger partial charge in [-0.25, -0.2) is 4.79 Å². The SMILES string of the molecule is CCc1c(O)n(Cc2c(C)nn(C)c2C)c(=O)[nH]c1=O. The number of rotatable bonds is 3. The predicted molar refractivity (Wildman–Crippen MR) is 74.1 cm³/mol. The number of aromatic hydroxyl groups is 1. The van der Waals surface area contributed by atoms with Crippen molar-refractivity contribution in [3.63, 3.8) is 0 Å². The largest absolute Gasteiger partial charge is 0.494 e. The highest BCUT2D eigenvalue weighted by atomic mass is 16.3. The summed E-state index contributed by atoms with van der Waals surface area (Å²) in [5.74, 6) is -0.274. The molecular weight excluding hydrogens is 260 g/mol.